The molecule has 1 heterocycles. The van der Waals surface area contributed by atoms with Gasteiger partial charge in [0.1, 0.15) is 11.5 Å². The summed E-state index contributed by atoms with van der Waals surface area (Å²) < 4.78 is 5.19. The molecule has 1 aromatic rings. The van der Waals surface area contributed by atoms with Gasteiger partial charge >= 0.3 is 29.6 Å². The molecule has 1 aromatic heterocycles. The molecule has 0 saturated carbocycles. The van der Waals surface area contributed by atoms with Crippen LogP contribution < -0.4 is 34.7 Å². The third-order valence-electron chi connectivity index (χ3n) is 1.32. The fourth-order valence-electron chi connectivity index (χ4n) is 0.879. The first-order valence-corrected chi connectivity index (χ1v) is 4.88. The van der Waals surface area contributed by atoms with Crippen LogP contribution in [0.4, 0.5) is 0 Å². The smallest absolute Gasteiger partial charge is 0.550 e. The molecule has 0 aliphatic carbocycles. The predicted molar refractivity (Wildman–Crippen MR) is 44.6 cm³/mol. The van der Waals surface area contributed by atoms with E-state index in [9.17, 15) is 9.90 Å². The summed E-state index contributed by atoms with van der Waals surface area (Å²) in [5, 5.41) is 10.2. The Bertz CT molecular complexity index is 272. The van der Waals surface area contributed by atoms with E-state index >= 15 is 0 Å². The van der Waals surface area contributed by atoms with Gasteiger partial charge in [-0.1, -0.05) is 0 Å². The van der Waals surface area contributed by atoms with Crippen molar-refractivity contribution >= 4 is 17.7 Å². The normalized spacial score (nSPS) is 9.31. The predicted octanol–water partition coefficient (Wildman–Crippen LogP) is -2.56. The second-order valence-electron chi connectivity index (χ2n) is 2.35. The number of hydrogen-bond acceptors (Lipinski definition) is 4. The summed E-state index contributed by atoms with van der Waals surface area (Å²) in [6, 6.07) is 3.45. The monoisotopic (exact) mass is 208 g/mol. The molecule has 1 rings (SSSR count). The summed E-state index contributed by atoms with van der Waals surface area (Å²) in [4.78, 5) is 10.2. The number of carboxylic acids is 1. The minimum atomic E-state index is -1.11. The average molecular weight is 208 g/mol. The molecule has 0 atom stereocenters. The van der Waals surface area contributed by atoms with Crippen LogP contribution in [0, 0.1) is 0 Å². The molecule has 66 valence electrons. The molecule has 0 aliphatic heterocycles. The third kappa shape index (κ3) is 4.76. The second-order valence-corrected chi connectivity index (χ2v) is 3.22. The second kappa shape index (κ2) is 6.54. The molecule has 0 N–H and O–H groups in total. The maximum atomic E-state index is 10.2. The van der Waals surface area contributed by atoms with Crippen LogP contribution >= 0.6 is 11.8 Å². The maximum Gasteiger partial charge on any atom is 1.00 e. The standard InChI is InChI=1S/C8H10O3S.Na/c1-12-5-7-3-2-6(11-7)4-8(9)10;/h2-3H,4-5H2,1H3,(H,9,10);/q;+1/p-1. The molecule has 0 unspecified atom stereocenters. The number of thioether (sulfide) groups is 1. The van der Waals surface area contributed by atoms with E-state index in [2.05, 4.69) is 0 Å². The molecule has 13 heavy (non-hydrogen) atoms. The van der Waals surface area contributed by atoms with Crippen LogP contribution in [0.2, 0.25) is 0 Å². The minimum absolute atomic E-state index is 0. The van der Waals surface area contributed by atoms with E-state index in [4.69, 9.17) is 4.42 Å². The van der Waals surface area contributed by atoms with Gasteiger partial charge in [0.2, 0.25) is 0 Å². The molecule has 0 amide bonds. The van der Waals surface area contributed by atoms with E-state index in [-0.39, 0.29) is 36.0 Å². The van der Waals surface area contributed by atoms with Gasteiger partial charge in [-0.2, -0.15) is 11.8 Å². The fraction of sp³-hybridized carbons (Fsp3) is 0.375. The van der Waals surface area contributed by atoms with Gasteiger partial charge in [0.25, 0.3) is 0 Å². The first kappa shape index (κ1) is 13.1. The Morgan fingerprint density at radius 2 is 2.15 bits per heavy atom. The van der Waals surface area contributed by atoms with E-state index in [1.807, 2.05) is 6.26 Å². The largest absolute Gasteiger partial charge is 1.00 e. The van der Waals surface area contributed by atoms with Gasteiger partial charge in [0.15, 0.2) is 0 Å². The zero-order valence-electron chi connectivity index (χ0n) is 7.70. The van der Waals surface area contributed by atoms with Crippen molar-refractivity contribution in [3.63, 3.8) is 0 Å². The van der Waals surface area contributed by atoms with E-state index in [1.54, 1.807) is 23.9 Å². The molecule has 0 fully saturated rings. The third-order valence-corrected chi connectivity index (χ3v) is 1.90. The summed E-state index contributed by atoms with van der Waals surface area (Å²) >= 11 is 1.63. The van der Waals surface area contributed by atoms with Crippen LogP contribution in [0.3, 0.4) is 0 Å². The van der Waals surface area contributed by atoms with Crippen molar-refractivity contribution in [1.29, 1.82) is 0 Å². The zero-order chi connectivity index (χ0) is 8.97. The van der Waals surface area contributed by atoms with Gasteiger partial charge in [-0.25, -0.2) is 0 Å². The Morgan fingerprint density at radius 3 is 2.69 bits per heavy atom. The number of rotatable bonds is 4. The van der Waals surface area contributed by atoms with Crippen molar-refractivity contribution in [1.82, 2.24) is 0 Å². The molecule has 3 nitrogen and oxygen atoms in total. The van der Waals surface area contributed by atoms with Crippen LogP contribution in [0.5, 0.6) is 0 Å². The minimum Gasteiger partial charge on any atom is -0.550 e. The molecule has 0 bridgehead atoms. The van der Waals surface area contributed by atoms with Gasteiger partial charge in [0.05, 0.1) is 5.75 Å². The van der Waals surface area contributed by atoms with E-state index in [0.29, 0.717) is 5.76 Å². The molecule has 0 radical (unpaired) electrons. The number of carboxylic acid groups (broad SMARTS) is 1. The van der Waals surface area contributed by atoms with Gasteiger partial charge < -0.3 is 14.3 Å². The molecular formula is C8H9NaO3S. The van der Waals surface area contributed by atoms with E-state index < -0.39 is 5.97 Å². The van der Waals surface area contributed by atoms with Crippen molar-refractivity contribution in [3.8, 4) is 0 Å². The molecule has 5 heteroatoms. The number of carbonyl (C=O) groups excluding carboxylic acids is 1. The summed E-state index contributed by atoms with van der Waals surface area (Å²) in [5.41, 5.74) is 0. The number of hydrogen-bond donors (Lipinski definition) is 0. The SMILES string of the molecule is CSCc1ccc(CC(=O)[O-])o1.[Na+]. The summed E-state index contributed by atoms with van der Waals surface area (Å²) in [7, 11) is 0. The Balaban J connectivity index is 0.00000144. The van der Waals surface area contributed by atoms with Crippen LogP contribution in [-0.4, -0.2) is 12.2 Å². The van der Waals surface area contributed by atoms with Crippen molar-refractivity contribution in [2.75, 3.05) is 6.26 Å². The van der Waals surface area contributed by atoms with Gasteiger partial charge in [-0.15, -0.1) is 0 Å². The van der Waals surface area contributed by atoms with Crippen molar-refractivity contribution in [3.05, 3.63) is 23.7 Å². The molecular weight excluding hydrogens is 199 g/mol. The summed E-state index contributed by atoms with van der Waals surface area (Å²) in [5.74, 6) is 0.922. The number of aliphatic carboxylic acids is 1. The first-order chi connectivity index (χ1) is 5.72. The quantitative estimate of drug-likeness (QED) is 0.511. The number of carbonyl (C=O) groups is 1. The summed E-state index contributed by atoms with van der Waals surface area (Å²) in [6.45, 7) is 0. The van der Waals surface area contributed by atoms with Crippen molar-refractivity contribution in [2.45, 2.75) is 12.2 Å². The topological polar surface area (TPSA) is 53.3 Å². The van der Waals surface area contributed by atoms with Gasteiger partial charge in [0, 0.05) is 12.4 Å². The Morgan fingerprint density at radius 1 is 1.54 bits per heavy atom. The van der Waals surface area contributed by atoms with Crippen molar-refractivity contribution < 1.29 is 43.9 Å². The molecule has 0 aromatic carbocycles. The molecule has 0 aliphatic rings. The first-order valence-electron chi connectivity index (χ1n) is 3.48. The fourth-order valence-corrected chi connectivity index (χ4v) is 1.32. The number of furan rings is 1. The summed E-state index contributed by atoms with van der Waals surface area (Å²) in [6.07, 6.45) is 1.81. The van der Waals surface area contributed by atoms with E-state index in [1.165, 1.54) is 0 Å². The van der Waals surface area contributed by atoms with Crippen LogP contribution in [0.15, 0.2) is 16.5 Å². The van der Waals surface area contributed by atoms with Crippen LogP contribution in [-0.2, 0) is 17.0 Å². The Labute approximate surface area is 103 Å². The van der Waals surface area contributed by atoms with E-state index in [0.717, 1.165) is 11.5 Å². The van der Waals surface area contributed by atoms with Crippen LogP contribution in [0.1, 0.15) is 11.5 Å². The molecule has 0 saturated heterocycles. The van der Waals surface area contributed by atoms with Gasteiger partial charge in [-0.05, 0) is 18.4 Å². The maximum absolute atomic E-state index is 10.2. The van der Waals surface area contributed by atoms with Crippen LogP contribution in [0.25, 0.3) is 0 Å². The molecule has 0 spiro atoms. The Hall–Kier alpha value is 0.100. The average Bonchev–Trinajstić information content (AvgIpc) is 2.36. The zero-order valence-corrected chi connectivity index (χ0v) is 10.5. The van der Waals surface area contributed by atoms with Gasteiger partial charge in [-0.3, -0.25) is 0 Å². The Kier molecular flexibility index (Phi) is 6.59. The van der Waals surface area contributed by atoms with Crippen molar-refractivity contribution in [2.24, 2.45) is 0 Å².